The normalized spacial score (nSPS) is 24.1. The molecule has 1 heterocycles. The molecule has 0 aliphatic carbocycles. The van der Waals surface area contributed by atoms with Crippen LogP contribution in [0.15, 0.2) is 30.3 Å². The molecule has 1 aliphatic heterocycles. The molecule has 4 nitrogen and oxygen atoms in total. The minimum atomic E-state index is -0.596. The lowest BCUT2D eigenvalue weighted by Gasteiger charge is -2.43. The molecular weight excluding hydrogens is 206 g/mol. The standard InChI is InChI=1S/C12H13NO3/c1-16-11-10(8-14)13(12(11)15)7-9-5-3-2-4-6-9/h2-6,8,10-11H,7H2,1H3/t10-,11+/m0/s1. The second kappa shape index (κ2) is 4.45. The highest BCUT2D eigenvalue weighted by Gasteiger charge is 2.47. The van der Waals surface area contributed by atoms with Gasteiger partial charge in [0.2, 0.25) is 0 Å². The molecule has 0 bridgehead atoms. The number of methoxy groups -OCH3 is 1. The molecule has 0 aromatic heterocycles. The van der Waals surface area contributed by atoms with Gasteiger partial charge in [0.15, 0.2) is 6.10 Å². The maximum absolute atomic E-state index is 11.6. The molecule has 1 aromatic rings. The first-order valence-electron chi connectivity index (χ1n) is 5.10. The summed E-state index contributed by atoms with van der Waals surface area (Å²) in [5.41, 5.74) is 1.01. The minimum absolute atomic E-state index is 0.122. The van der Waals surface area contributed by atoms with Crippen LogP contribution in [0.2, 0.25) is 0 Å². The van der Waals surface area contributed by atoms with Crippen molar-refractivity contribution in [3.05, 3.63) is 35.9 Å². The summed E-state index contributed by atoms with van der Waals surface area (Å²) in [6.45, 7) is 0.461. The van der Waals surface area contributed by atoms with Gasteiger partial charge in [0.25, 0.3) is 5.91 Å². The molecule has 0 N–H and O–H groups in total. The van der Waals surface area contributed by atoms with E-state index >= 15 is 0 Å². The zero-order chi connectivity index (χ0) is 11.5. The van der Waals surface area contributed by atoms with Crippen molar-refractivity contribution in [3.63, 3.8) is 0 Å². The third-order valence-corrected chi connectivity index (χ3v) is 2.79. The van der Waals surface area contributed by atoms with Crippen LogP contribution in [0.25, 0.3) is 0 Å². The van der Waals surface area contributed by atoms with E-state index in [1.54, 1.807) is 0 Å². The molecule has 4 heteroatoms. The summed E-state index contributed by atoms with van der Waals surface area (Å²) in [5, 5.41) is 0. The van der Waals surface area contributed by atoms with E-state index in [0.717, 1.165) is 11.8 Å². The highest BCUT2D eigenvalue weighted by Crippen LogP contribution is 2.23. The average molecular weight is 219 g/mol. The molecule has 0 spiro atoms. The highest BCUT2D eigenvalue weighted by atomic mass is 16.5. The fourth-order valence-corrected chi connectivity index (χ4v) is 1.89. The van der Waals surface area contributed by atoms with Crippen LogP contribution in [0.5, 0.6) is 0 Å². The molecular formula is C12H13NO3. The van der Waals surface area contributed by atoms with E-state index in [1.165, 1.54) is 12.0 Å². The molecule has 0 unspecified atom stereocenters. The number of carbonyl (C=O) groups is 2. The van der Waals surface area contributed by atoms with E-state index < -0.39 is 12.1 Å². The van der Waals surface area contributed by atoms with Crippen molar-refractivity contribution in [2.75, 3.05) is 7.11 Å². The maximum atomic E-state index is 11.6. The molecule has 1 saturated heterocycles. The van der Waals surface area contributed by atoms with Crippen LogP contribution in [-0.2, 0) is 20.9 Å². The number of ether oxygens (including phenoxy) is 1. The first-order chi connectivity index (χ1) is 7.77. The lowest BCUT2D eigenvalue weighted by atomic mass is 9.98. The van der Waals surface area contributed by atoms with Crippen LogP contribution in [0, 0.1) is 0 Å². The monoisotopic (exact) mass is 219 g/mol. The van der Waals surface area contributed by atoms with Gasteiger partial charge >= 0.3 is 0 Å². The van der Waals surface area contributed by atoms with E-state index in [0.29, 0.717) is 6.54 Å². The third kappa shape index (κ3) is 1.72. The van der Waals surface area contributed by atoms with E-state index in [9.17, 15) is 9.59 Å². The molecule has 0 saturated carbocycles. The fourth-order valence-electron chi connectivity index (χ4n) is 1.89. The van der Waals surface area contributed by atoms with Crippen molar-refractivity contribution >= 4 is 12.2 Å². The van der Waals surface area contributed by atoms with Gasteiger partial charge in [0.1, 0.15) is 12.3 Å². The Labute approximate surface area is 93.8 Å². The minimum Gasteiger partial charge on any atom is -0.369 e. The number of hydrogen-bond acceptors (Lipinski definition) is 3. The maximum Gasteiger partial charge on any atom is 0.255 e. The molecule has 1 fully saturated rings. The Balaban J connectivity index is 2.06. The first-order valence-corrected chi connectivity index (χ1v) is 5.10. The van der Waals surface area contributed by atoms with Crippen LogP contribution in [0.1, 0.15) is 5.56 Å². The summed E-state index contributed by atoms with van der Waals surface area (Å²) < 4.78 is 4.95. The number of hydrogen-bond donors (Lipinski definition) is 0. The quantitative estimate of drug-likeness (QED) is 0.550. The number of amides is 1. The summed E-state index contributed by atoms with van der Waals surface area (Å²) in [5.74, 6) is -0.122. The molecule has 84 valence electrons. The predicted molar refractivity (Wildman–Crippen MR) is 57.6 cm³/mol. The molecule has 1 aliphatic rings. The Kier molecular flexibility index (Phi) is 3.01. The number of aldehydes is 1. The molecule has 16 heavy (non-hydrogen) atoms. The number of rotatable bonds is 4. The summed E-state index contributed by atoms with van der Waals surface area (Å²) in [4.78, 5) is 24.0. The Hall–Kier alpha value is -1.68. The van der Waals surface area contributed by atoms with Gasteiger partial charge in [-0.05, 0) is 5.56 Å². The first kappa shape index (κ1) is 10.8. The van der Waals surface area contributed by atoms with Gasteiger partial charge in [-0.25, -0.2) is 0 Å². The van der Waals surface area contributed by atoms with Gasteiger partial charge in [0.05, 0.1) is 0 Å². The molecule has 1 amide bonds. The number of benzene rings is 1. The van der Waals surface area contributed by atoms with E-state index in [-0.39, 0.29) is 5.91 Å². The Morgan fingerprint density at radius 1 is 1.38 bits per heavy atom. The van der Waals surface area contributed by atoms with Crippen molar-refractivity contribution in [2.45, 2.75) is 18.7 Å². The van der Waals surface area contributed by atoms with Gasteiger partial charge in [-0.1, -0.05) is 30.3 Å². The van der Waals surface area contributed by atoms with E-state index in [4.69, 9.17) is 4.74 Å². The Morgan fingerprint density at radius 3 is 2.62 bits per heavy atom. The molecule has 1 aromatic carbocycles. The van der Waals surface area contributed by atoms with Crippen LogP contribution >= 0.6 is 0 Å². The van der Waals surface area contributed by atoms with Gasteiger partial charge < -0.3 is 14.4 Å². The van der Waals surface area contributed by atoms with E-state index in [1.807, 2.05) is 30.3 Å². The van der Waals surface area contributed by atoms with Crippen LogP contribution in [0.3, 0.4) is 0 Å². The smallest absolute Gasteiger partial charge is 0.255 e. The largest absolute Gasteiger partial charge is 0.369 e. The number of nitrogens with zero attached hydrogens (tertiary/aromatic N) is 1. The van der Waals surface area contributed by atoms with Crippen molar-refractivity contribution in [1.82, 2.24) is 4.90 Å². The van der Waals surface area contributed by atoms with Gasteiger partial charge in [0, 0.05) is 13.7 Å². The lowest BCUT2D eigenvalue weighted by molar-refractivity contribution is -0.172. The summed E-state index contributed by atoms with van der Waals surface area (Å²) in [7, 11) is 1.44. The third-order valence-electron chi connectivity index (χ3n) is 2.79. The van der Waals surface area contributed by atoms with Gasteiger partial charge in [-0.2, -0.15) is 0 Å². The summed E-state index contributed by atoms with van der Waals surface area (Å²) >= 11 is 0. The SMILES string of the molecule is CO[C@H]1C(=O)N(Cc2ccccc2)[C@H]1C=O. The van der Waals surface area contributed by atoms with Crippen LogP contribution < -0.4 is 0 Å². The van der Waals surface area contributed by atoms with Crippen molar-refractivity contribution in [1.29, 1.82) is 0 Å². The topological polar surface area (TPSA) is 46.6 Å². The summed E-state index contributed by atoms with van der Waals surface area (Å²) in [6, 6.07) is 9.13. The number of carbonyl (C=O) groups excluding carboxylic acids is 2. The highest BCUT2D eigenvalue weighted by molar-refractivity contribution is 5.95. The lowest BCUT2D eigenvalue weighted by Crippen LogP contribution is -2.65. The molecule has 0 radical (unpaired) electrons. The summed E-state index contributed by atoms with van der Waals surface area (Å²) in [6.07, 6.45) is 0.166. The zero-order valence-corrected chi connectivity index (χ0v) is 9.00. The predicted octanol–water partition coefficient (Wildman–Crippen LogP) is 0.611. The van der Waals surface area contributed by atoms with Crippen molar-refractivity contribution in [2.24, 2.45) is 0 Å². The fraction of sp³-hybridized carbons (Fsp3) is 0.333. The Bertz CT molecular complexity index is 391. The zero-order valence-electron chi connectivity index (χ0n) is 9.00. The number of likely N-dealkylation sites (tertiary alicyclic amines) is 1. The van der Waals surface area contributed by atoms with Crippen molar-refractivity contribution < 1.29 is 14.3 Å². The van der Waals surface area contributed by atoms with E-state index in [2.05, 4.69) is 0 Å². The van der Waals surface area contributed by atoms with Crippen LogP contribution in [0.4, 0.5) is 0 Å². The van der Waals surface area contributed by atoms with Gasteiger partial charge in [-0.3, -0.25) is 4.79 Å². The van der Waals surface area contributed by atoms with Gasteiger partial charge in [-0.15, -0.1) is 0 Å². The number of β-lactam (4-membered cyclic amide) rings is 1. The van der Waals surface area contributed by atoms with Crippen LogP contribution in [-0.4, -0.2) is 36.3 Å². The average Bonchev–Trinajstić information content (AvgIpc) is 2.33. The van der Waals surface area contributed by atoms with Crippen molar-refractivity contribution in [3.8, 4) is 0 Å². The second-order valence-corrected chi connectivity index (χ2v) is 3.73. The second-order valence-electron chi connectivity index (χ2n) is 3.73. The molecule has 2 atom stereocenters. The molecule has 2 rings (SSSR count). The Morgan fingerprint density at radius 2 is 2.06 bits per heavy atom.